The maximum Gasteiger partial charge on any atom is 0.246 e. The Balaban J connectivity index is 1.53. The molecule has 6 heteroatoms. The van der Waals surface area contributed by atoms with Crippen LogP contribution in [0, 0.1) is 6.92 Å². The topological polar surface area (TPSA) is 51.7 Å². The van der Waals surface area contributed by atoms with E-state index < -0.39 is 0 Å². The lowest BCUT2D eigenvalue weighted by Gasteiger charge is -2.34. The molecule has 0 radical (unpaired) electrons. The summed E-state index contributed by atoms with van der Waals surface area (Å²) in [5.74, 6) is 0.807. The number of ether oxygens (including phenoxy) is 2. The molecule has 0 spiro atoms. The first-order chi connectivity index (χ1) is 12.5. The first-order valence-electron chi connectivity index (χ1n) is 8.76. The Morgan fingerprint density at radius 3 is 2.62 bits per heavy atom. The van der Waals surface area contributed by atoms with E-state index in [-0.39, 0.29) is 18.1 Å². The molecule has 2 aromatic rings. The number of carbonyl (C=O) groups excluding carboxylic acids is 1. The van der Waals surface area contributed by atoms with E-state index in [2.05, 4.69) is 4.98 Å². The van der Waals surface area contributed by atoms with Gasteiger partial charge in [-0.2, -0.15) is 0 Å². The van der Waals surface area contributed by atoms with Gasteiger partial charge in [-0.1, -0.05) is 12.1 Å². The molecule has 1 aromatic heterocycles. The minimum atomic E-state index is 0.0197. The highest BCUT2D eigenvalue weighted by Crippen LogP contribution is 2.17. The van der Waals surface area contributed by atoms with Gasteiger partial charge in [-0.3, -0.25) is 4.79 Å². The second kappa shape index (κ2) is 8.47. The Hall–Kier alpha value is -2.18. The van der Waals surface area contributed by atoms with Gasteiger partial charge in [0.25, 0.3) is 0 Å². The molecular weight excluding hydrogens is 348 g/mol. The molecule has 138 valence electrons. The number of hydrogen-bond donors (Lipinski definition) is 0. The number of hydrogen-bond acceptors (Lipinski definition) is 5. The largest absolute Gasteiger partial charge is 0.487 e. The molecule has 26 heavy (non-hydrogen) atoms. The predicted octanol–water partition coefficient (Wildman–Crippen LogP) is 3.68. The lowest BCUT2D eigenvalue weighted by atomic mass is 10.2. The van der Waals surface area contributed by atoms with E-state index >= 15 is 0 Å². The Morgan fingerprint density at radius 1 is 1.31 bits per heavy atom. The fourth-order valence-corrected chi connectivity index (χ4v) is 3.54. The van der Waals surface area contributed by atoms with Crippen molar-refractivity contribution in [3.8, 4) is 5.75 Å². The maximum absolute atomic E-state index is 12.3. The Labute approximate surface area is 158 Å². The molecule has 2 unspecified atom stereocenters. The number of rotatable bonds is 5. The van der Waals surface area contributed by atoms with Crippen LogP contribution < -0.4 is 4.74 Å². The minimum Gasteiger partial charge on any atom is -0.487 e. The lowest BCUT2D eigenvalue weighted by molar-refractivity contribution is -0.137. The number of nitrogens with zero attached hydrogens (tertiary/aromatic N) is 2. The third-order valence-electron chi connectivity index (χ3n) is 4.08. The molecule has 1 aliphatic heterocycles. The van der Waals surface area contributed by atoms with Crippen LogP contribution in [0.2, 0.25) is 0 Å². The van der Waals surface area contributed by atoms with E-state index in [9.17, 15) is 4.79 Å². The number of aromatic nitrogens is 1. The number of aryl methyl sites for hydroxylation is 1. The van der Waals surface area contributed by atoms with Gasteiger partial charge in [-0.05, 0) is 44.5 Å². The first kappa shape index (κ1) is 18.6. The minimum absolute atomic E-state index is 0.0197. The second-order valence-corrected chi connectivity index (χ2v) is 7.61. The van der Waals surface area contributed by atoms with Gasteiger partial charge in [-0.25, -0.2) is 4.98 Å². The lowest BCUT2D eigenvalue weighted by Crippen LogP contribution is -2.47. The SMILES string of the molecule is Cc1nc(COc2ccc(/C=C/C(=O)N3CC(C)OC(C)C3)cc2)cs1. The Bertz CT molecular complexity index is 760. The van der Waals surface area contributed by atoms with E-state index in [0.717, 1.165) is 22.0 Å². The van der Waals surface area contributed by atoms with Crippen molar-refractivity contribution >= 4 is 23.3 Å². The molecule has 1 aromatic carbocycles. The molecule has 0 N–H and O–H groups in total. The third kappa shape index (κ3) is 5.16. The van der Waals surface area contributed by atoms with E-state index in [1.54, 1.807) is 17.4 Å². The van der Waals surface area contributed by atoms with Gasteiger partial charge in [0.2, 0.25) is 5.91 Å². The van der Waals surface area contributed by atoms with Crippen LogP contribution in [0.5, 0.6) is 5.75 Å². The molecule has 1 fully saturated rings. The van der Waals surface area contributed by atoms with Crippen LogP contribution in [0.1, 0.15) is 30.1 Å². The standard InChI is InChI=1S/C20H24N2O3S/c1-14-10-22(11-15(2)25-14)20(23)9-6-17-4-7-19(8-5-17)24-12-18-13-26-16(3)21-18/h4-9,13-15H,10-12H2,1-3H3/b9-6+. The number of thiazole rings is 1. The van der Waals surface area contributed by atoms with Crippen molar-refractivity contribution in [3.05, 3.63) is 52.0 Å². The van der Waals surface area contributed by atoms with Gasteiger partial charge < -0.3 is 14.4 Å². The number of benzene rings is 1. The van der Waals surface area contributed by atoms with Crippen LogP contribution in [-0.2, 0) is 16.1 Å². The molecule has 0 saturated carbocycles. The van der Waals surface area contributed by atoms with Crippen molar-refractivity contribution in [1.82, 2.24) is 9.88 Å². The van der Waals surface area contributed by atoms with Gasteiger partial charge >= 0.3 is 0 Å². The molecule has 5 nitrogen and oxygen atoms in total. The van der Waals surface area contributed by atoms with E-state index in [0.29, 0.717) is 19.7 Å². The van der Waals surface area contributed by atoms with Gasteiger partial charge in [0, 0.05) is 24.5 Å². The van der Waals surface area contributed by atoms with Crippen LogP contribution in [0.4, 0.5) is 0 Å². The summed E-state index contributed by atoms with van der Waals surface area (Å²) in [4.78, 5) is 18.6. The zero-order valence-electron chi connectivity index (χ0n) is 15.3. The highest BCUT2D eigenvalue weighted by molar-refractivity contribution is 7.09. The van der Waals surface area contributed by atoms with E-state index in [1.165, 1.54) is 0 Å². The zero-order chi connectivity index (χ0) is 18.5. The fourth-order valence-electron chi connectivity index (χ4n) is 2.94. The molecule has 1 aliphatic rings. The van der Waals surface area contributed by atoms with Crippen molar-refractivity contribution in [2.45, 2.75) is 39.6 Å². The summed E-state index contributed by atoms with van der Waals surface area (Å²) in [5, 5.41) is 3.04. The van der Waals surface area contributed by atoms with Crippen LogP contribution >= 0.6 is 11.3 Å². The van der Waals surface area contributed by atoms with Crippen molar-refractivity contribution in [1.29, 1.82) is 0 Å². The monoisotopic (exact) mass is 372 g/mol. The molecule has 1 saturated heterocycles. The molecule has 3 rings (SSSR count). The molecule has 0 bridgehead atoms. The third-order valence-corrected chi connectivity index (χ3v) is 4.91. The highest BCUT2D eigenvalue weighted by Gasteiger charge is 2.24. The average molecular weight is 372 g/mol. The summed E-state index contributed by atoms with van der Waals surface area (Å²) in [6.45, 7) is 7.70. The Morgan fingerprint density at radius 2 is 2.00 bits per heavy atom. The average Bonchev–Trinajstić information content (AvgIpc) is 3.03. The van der Waals surface area contributed by atoms with Crippen LogP contribution in [0.15, 0.2) is 35.7 Å². The molecule has 2 heterocycles. The van der Waals surface area contributed by atoms with Crippen LogP contribution in [0.3, 0.4) is 0 Å². The van der Waals surface area contributed by atoms with Crippen LogP contribution in [0.25, 0.3) is 6.08 Å². The van der Waals surface area contributed by atoms with Gasteiger partial charge in [0.15, 0.2) is 0 Å². The summed E-state index contributed by atoms with van der Waals surface area (Å²) in [6.07, 6.45) is 3.61. The van der Waals surface area contributed by atoms with Crippen molar-refractivity contribution < 1.29 is 14.3 Å². The summed E-state index contributed by atoms with van der Waals surface area (Å²) >= 11 is 1.62. The van der Waals surface area contributed by atoms with Crippen molar-refractivity contribution in [2.75, 3.05) is 13.1 Å². The quantitative estimate of drug-likeness (QED) is 0.752. The fraction of sp³-hybridized carbons (Fsp3) is 0.400. The summed E-state index contributed by atoms with van der Waals surface area (Å²) in [5.41, 5.74) is 1.90. The number of carbonyl (C=O) groups is 1. The zero-order valence-corrected chi connectivity index (χ0v) is 16.2. The number of amides is 1. The normalized spacial score (nSPS) is 20.5. The molecular formula is C20H24N2O3S. The summed E-state index contributed by atoms with van der Waals surface area (Å²) in [6, 6.07) is 7.69. The van der Waals surface area contributed by atoms with Crippen molar-refractivity contribution in [2.24, 2.45) is 0 Å². The maximum atomic E-state index is 12.3. The van der Waals surface area contributed by atoms with Gasteiger partial charge in [-0.15, -0.1) is 11.3 Å². The van der Waals surface area contributed by atoms with Gasteiger partial charge in [0.1, 0.15) is 12.4 Å². The smallest absolute Gasteiger partial charge is 0.246 e. The molecule has 2 atom stereocenters. The first-order valence-corrected chi connectivity index (χ1v) is 9.64. The Kier molecular flexibility index (Phi) is 6.06. The van der Waals surface area contributed by atoms with Crippen LogP contribution in [-0.4, -0.2) is 41.1 Å². The predicted molar refractivity (Wildman–Crippen MR) is 103 cm³/mol. The van der Waals surface area contributed by atoms with E-state index in [4.69, 9.17) is 9.47 Å². The molecule has 0 aliphatic carbocycles. The van der Waals surface area contributed by atoms with Crippen molar-refractivity contribution in [3.63, 3.8) is 0 Å². The van der Waals surface area contributed by atoms with E-state index in [1.807, 2.05) is 61.4 Å². The second-order valence-electron chi connectivity index (χ2n) is 6.55. The summed E-state index contributed by atoms with van der Waals surface area (Å²) in [7, 11) is 0. The highest BCUT2D eigenvalue weighted by atomic mass is 32.1. The summed E-state index contributed by atoms with van der Waals surface area (Å²) < 4.78 is 11.4. The van der Waals surface area contributed by atoms with Gasteiger partial charge in [0.05, 0.1) is 22.9 Å². The molecule has 1 amide bonds. The number of morpholine rings is 1.